The predicted molar refractivity (Wildman–Crippen MR) is 222 cm³/mol. The first kappa shape index (κ1) is 36.3. The molecule has 1 fully saturated rings. The molecule has 0 aromatic carbocycles. The van der Waals surface area contributed by atoms with E-state index in [1.807, 2.05) is 52.1 Å². The maximum atomic E-state index is 13.2. The van der Waals surface area contributed by atoms with Crippen LogP contribution in [0.2, 0.25) is 0 Å². The highest BCUT2D eigenvalue weighted by atomic mass is 32.1. The Morgan fingerprint density at radius 3 is 1.88 bits per heavy atom. The molecule has 1 saturated heterocycles. The van der Waals surface area contributed by atoms with Gasteiger partial charge in [-0.15, -0.1) is 22.7 Å². The molecule has 3 aliphatic rings. The number of rotatable bonds is 6. The zero-order valence-corrected chi connectivity index (χ0v) is 33.2. The lowest BCUT2D eigenvalue weighted by molar-refractivity contribution is -0.144. The number of carboxylic acid groups (broad SMARTS) is 1. The monoisotopic (exact) mass is 813 g/mol. The van der Waals surface area contributed by atoms with Crippen LogP contribution in [0.4, 0.5) is 23.0 Å². The Hall–Kier alpha value is -6.04. The Bertz CT molecular complexity index is 2850. The molecule has 0 unspecified atom stereocenters. The molecule has 8 aromatic rings. The number of carboxylic acids is 1. The number of aliphatic carboxylic acids is 1. The Morgan fingerprint density at radius 1 is 0.776 bits per heavy atom. The van der Waals surface area contributed by atoms with Crippen LogP contribution in [0.25, 0.3) is 31.5 Å². The summed E-state index contributed by atoms with van der Waals surface area (Å²) in [6.07, 6.45) is 15.0. The van der Waals surface area contributed by atoms with Gasteiger partial charge in [-0.2, -0.15) is 10.2 Å². The third kappa shape index (κ3) is 6.77. The smallest absolute Gasteiger partial charge is 0.306 e. The summed E-state index contributed by atoms with van der Waals surface area (Å²) in [5, 5.41) is 26.8. The molecule has 0 radical (unpaired) electrons. The van der Waals surface area contributed by atoms with Crippen LogP contribution in [0.3, 0.4) is 0 Å². The number of hydrogen-bond donors (Lipinski definition) is 3. The number of carbonyl (C=O) groups excluding carboxylic acids is 1. The zero-order valence-electron chi connectivity index (χ0n) is 31.5. The second kappa shape index (κ2) is 15.0. The fourth-order valence-electron chi connectivity index (χ4n) is 8.39. The van der Waals surface area contributed by atoms with Crippen molar-refractivity contribution < 1.29 is 19.4 Å². The molecule has 0 spiro atoms. The molecule has 1 amide bonds. The normalized spacial score (nSPS) is 19.1. The first-order valence-corrected chi connectivity index (χ1v) is 21.0. The van der Waals surface area contributed by atoms with Crippen LogP contribution in [-0.4, -0.2) is 86.8 Å². The van der Waals surface area contributed by atoms with Crippen molar-refractivity contribution in [3.8, 4) is 0 Å². The molecule has 3 atom stereocenters. The first-order chi connectivity index (χ1) is 28.4. The number of thiophene rings is 2. The Labute approximate surface area is 339 Å². The van der Waals surface area contributed by atoms with Gasteiger partial charge in [-0.1, -0.05) is 0 Å². The van der Waals surface area contributed by atoms with Gasteiger partial charge in [0.25, 0.3) is 0 Å². The van der Waals surface area contributed by atoms with E-state index in [1.165, 1.54) is 16.0 Å². The zero-order chi connectivity index (χ0) is 39.3. The molecule has 15 nitrogen and oxygen atoms in total. The van der Waals surface area contributed by atoms with Crippen LogP contribution in [0.1, 0.15) is 40.6 Å². The summed E-state index contributed by atoms with van der Waals surface area (Å²) in [6, 6.07) is 12.1. The van der Waals surface area contributed by atoms with Gasteiger partial charge in [0.1, 0.15) is 34.0 Å². The molecule has 0 bridgehead atoms. The highest BCUT2D eigenvalue weighted by molar-refractivity contribution is 7.19. The number of morpholine rings is 1. The Kier molecular flexibility index (Phi) is 9.42. The number of anilines is 4. The van der Waals surface area contributed by atoms with E-state index in [0.717, 1.165) is 85.0 Å². The number of aromatic nitrogens is 8. The van der Waals surface area contributed by atoms with Gasteiger partial charge in [0.15, 0.2) is 0 Å². The van der Waals surface area contributed by atoms with Crippen molar-refractivity contribution in [1.82, 2.24) is 44.1 Å². The second-order valence-corrected chi connectivity index (χ2v) is 17.1. The first-order valence-electron chi connectivity index (χ1n) is 19.4. The van der Waals surface area contributed by atoms with Crippen molar-refractivity contribution in [2.24, 2.45) is 11.8 Å². The SMILES string of the molecule is C[C@@H]1COCCN1C(=O)[C@H]1CCc2c(sc3ncnc(Nc4ccn5nccc5c4)c23)C1.O=C(O)[C@H]1CCc2c(sc3ncnc(Nc4ccn5nccc5c4)c23)C1. The van der Waals surface area contributed by atoms with Crippen molar-refractivity contribution >= 4 is 89.0 Å². The molecular formula is C41H39N11O4S2. The highest BCUT2D eigenvalue weighted by Gasteiger charge is 2.34. The number of ether oxygens (including phenoxy) is 1. The van der Waals surface area contributed by atoms with Gasteiger partial charge >= 0.3 is 5.97 Å². The molecule has 3 N–H and O–H groups in total. The van der Waals surface area contributed by atoms with Gasteiger partial charge < -0.3 is 25.4 Å². The molecule has 9 heterocycles. The second-order valence-electron chi connectivity index (χ2n) is 15.0. The molecule has 1 aliphatic heterocycles. The quantitative estimate of drug-likeness (QED) is 0.162. The number of fused-ring (bicyclic) bond motifs is 8. The molecule has 0 saturated carbocycles. The third-order valence-electron chi connectivity index (χ3n) is 11.4. The number of nitrogens with one attached hydrogen (secondary N) is 2. The van der Waals surface area contributed by atoms with Gasteiger partial charge in [0, 0.05) is 58.4 Å². The number of pyridine rings is 2. The van der Waals surface area contributed by atoms with Crippen LogP contribution in [0, 0.1) is 11.8 Å². The molecule has 11 rings (SSSR count). The predicted octanol–water partition coefficient (Wildman–Crippen LogP) is 6.71. The van der Waals surface area contributed by atoms with E-state index >= 15 is 0 Å². The molecule has 58 heavy (non-hydrogen) atoms. The van der Waals surface area contributed by atoms with Crippen LogP contribution in [-0.2, 0) is 40.0 Å². The van der Waals surface area contributed by atoms with E-state index in [1.54, 1.807) is 52.2 Å². The minimum absolute atomic E-state index is 0.0322. The maximum Gasteiger partial charge on any atom is 0.306 e. The molecule has 294 valence electrons. The van der Waals surface area contributed by atoms with Crippen molar-refractivity contribution in [1.29, 1.82) is 0 Å². The Balaban J connectivity index is 0.000000144. The van der Waals surface area contributed by atoms with Gasteiger partial charge in [0.2, 0.25) is 5.91 Å². The summed E-state index contributed by atoms with van der Waals surface area (Å²) < 4.78 is 9.15. The summed E-state index contributed by atoms with van der Waals surface area (Å²) in [4.78, 5) is 48.8. The summed E-state index contributed by atoms with van der Waals surface area (Å²) >= 11 is 3.28. The van der Waals surface area contributed by atoms with Crippen molar-refractivity contribution in [3.63, 3.8) is 0 Å². The molecular weight excluding hydrogens is 775 g/mol. The van der Waals surface area contributed by atoms with E-state index in [4.69, 9.17) is 4.74 Å². The van der Waals surface area contributed by atoms with Gasteiger partial charge in [-0.3, -0.25) is 9.59 Å². The minimum atomic E-state index is -0.716. The lowest BCUT2D eigenvalue weighted by Gasteiger charge is -2.36. The largest absolute Gasteiger partial charge is 0.481 e. The molecule has 2 aliphatic carbocycles. The number of nitrogens with zero attached hydrogens (tertiary/aromatic N) is 9. The maximum absolute atomic E-state index is 13.2. The van der Waals surface area contributed by atoms with Crippen LogP contribution < -0.4 is 10.6 Å². The van der Waals surface area contributed by atoms with Gasteiger partial charge in [-0.05, 0) is 93.0 Å². The summed E-state index contributed by atoms with van der Waals surface area (Å²) in [7, 11) is 0. The summed E-state index contributed by atoms with van der Waals surface area (Å²) in [5.74, 6) is 0.871. The van der Waals surface area contributed by atoms with Crippen molar-refractivity contribution in [2.45, 2.75) is 51.5 Å². The Morgan fingerprint density at radius 2 is 1.33 bits per heavy atom. The van der Waals surface area contributed by atoms with Gasteiger partial charge in [-0.25, -0.2) is 29.0 Å². The van der Waals surface area contributed by atoms with E-state index in [9.17, 15) is 14.7 Å². The average molecular weight is 814 g/mol. The number of amides is 1. The van der Waals surface area contributed by atoms with E-state index in [-0.39, 0.29) is 23.8 Å². The third-order valence-corrected chi connectivity index (χ3v) is 13.7. The number of aryl methyl sites for hydroxylation is 2. The van der Waals surface area contributed by atoms with Crippen molar-refractivity contribution in [3.05, 3.63) is 94.7 Å². The summed E-state index contributed by atoms with van der Waals surface area (Å²) in [5.41, 5.74) is 6.39. The topological polar surface area (TPSA) is 177 Å². The fraction of sp³-hybridized carbons (Fsp3) is 0.317. The number of hydrogen-bond acceptors (Lipinski definition) is 13. The van der Waals surface area contributed by atoms with E-state index in [0.29, 0.717) is 32.6 Å². The van der Waals surface area contributed by atoms with Crippen molar-refractivity contribution in [2.75, 3.05) is 30.4 Å². The molecule has 17 heteroatoms. The van der Waals surface area contributed by atoms with Crippen LogP contribution >= 0.6 is 22.7 Å². The van der Waals surface area contributed by atoms with Crippen LogP contribution in [0.5, 0.6) is 0 Å². The lowest BCUT2D eigenvalue weighted by atomic mass is 9.86. The van der Waals surface area contributed by atoms with Gasteiger partial charge in [0.05, 0.1) is 47.0 Å². The lowest BCUT2D eigenvalue weighted by Crippen LogP contribution is -2.50. The highest BCUT2D eigenvalue weighted by Crippen LogP contribution is 2.42. The standard InChI is InChI=1S/C23H24N6O2S.C18H15N5O2S/c1-14-12-31-9-8-28(14)23(30)15-2-3-18-19(10-15)32-22-20(18)21(24-13-25-22)27-16-5-7-29-17(11-16)4-6-26-29;24-18(25)10-1-2-13-14(7-10)26-17-15(13)16(19-9-20-17)22-11-4-6-23-12(8-11)3-5-21-23/h4-7,11,13-15H,2-3,8-10,12H2,1H3,(H,24,25,27);3-6,8-10H,1-2,7H2,(H,24,25)(H,19,20,22)/t14-,15+;10-/m10/s1. The molecule has 8 aromatic heterocycles. The van der Waals surface area contributed by atoms with E-state index in [2.05, 4.69) is 53.8 Å². The minimum Gasteiger partial charge on any atom is -0.481 e. The van der Waals surface area contributed by atoms with Crippen LogP contribution in [0.15, 0.2) is 73.8 Å². The summed E-state index contributed by atoms with van der Waals surface area (Å²) in [6.45, 7) is 4.02. The fourth-order valence-corrected chi connectivity index (χ4v) is 10.9. The van der Waals surface area contributed by atoms with E-state index < -0.39 is 5.97 Å². The average Bonchev–Trinajstić information content (AvgIpc) is 4.05. The number of carbonyl (C=O) groups is 2.